The molecule has 8 nitrogen and oxygen atoms in total. The Bertz CT molecular complexity index is 1450. The predicted octanol–water partition coefficient (Wildman–Crippen LogP) is 3.60. The molecule has 1 unspecified atom stereocenters. The van der Waals surface area contributed by atoms with Crippen LogP contribution >= 0.6 is 0 Å². The van der Waals surface area contributed by atoms with Crippen molar-refractivity contribution in [2.75, 3.05) is 45.6 Å². The Balaban J connectivity index is 1.20. The molecule has 1 aliphatic carbocycles. The highest BCUT2D eigenvalue weighted by molar-refractivity contribution is 5.89. The number of β-amino-alcohol motifs (C(OH)–C–C–N with tert-alkyl or cyclic N) is 1. The molecule has 43 heavy (non-hydrogen) atoms. The molecule has 2 amide bonds. The van der Waals surface area contributed by atoms with Crippen LogP contribution in [0.2, 0.25) is 0 Å². The number of fused-ring (bicyclic) bond motifs is 1. The number of nitrogens with zero attached hydrogens (tertiary/aromatic N) is 3. The van der Waals surface area contributed by atoms with Crippen molar-refractivity contribution >= 4 is 11.7 Å². The van der Waals surface area contributed by atoms with E-state index in [2.05, 4.69) is 51.2 Å². The molecule has 0 aromatic heterocycles. The Morgan fingerprint density at radius 2 is 1.53 bits per heavy atom. The Morgan fingerprint density at radius 3 is 2.19 bits per heavy atom. The molecular weight excluding hydrogens is 540 g/mol. The van der Waals surface area contributed by atoms with Crippen LogP contribution in [0.1, 0.15) is 35.4 Å². The van der Waals surface area contributed by atoms with Crippen molar-refractivity contribution in [3.05, 3.63) is 95.6 Å². The number of hydrogen-bond acceptors (Lipinski definition) is 6. The number of hydrogen-bond donors (Lipinski definition) is 3. The van der Waals surface area contributed by atoms with Crippen molar-refractivity contribution in [3.8, 4) is 17.6 Å². The average Bonchev–Trinajstić information content (AvgIpc) is 3.82. The molecule has 0 bridgehead atoms. The monoisotopic (exact) mass is 580 g/mol. The third kappa shape index (κ3) is 7.03. The minimum absolute atomic E-state index is 0.00609. The second-order valence-corrected chi connectivity index (χ2v) is 12.2. The first-order valence-electron chi connectivity index (χ1n) is 15.1. The van der Waals surface area contributed by atoms with E-state index >= 15 is 0 Å². The lowest BCUT2D eigenvalue weighted by molar-refractivity contribution is -0.105. The number of ether oxygens (including phenoxy) is 1. The summed E-state index contributed by atoms with van der Waals surface area (Å²) in [6, 6.07) is 25.5. The van der Waals surface area contributed by atoms with Gasteiger partial charge in [0, 0.05) is 54.5 Å². The minimum atomic E-state index is -1.04. The first kappa shape index (κ1) is 29.2. The Hall–Kier alpha value is -3.87. The molecule has 0 radical (unpaired) electrons. The van der Waals surface area contributed by atoms with E-state index in [1.54, 1.807) is 4.90 Å². The summed E-state index contributed by atoms with van der Waals surface area (Å²) < 4.78 is 5.82. The number of aliphatic hydroxyl groups is 2. The number of likely N-dealkylation sites (N-methyl/N-ethyl adjacent to an activating group) is 1. The lowest BCUT2D eigenvalue weighted by Crippen LogP contribution is -2.71. The van der Waals surface area contributed by atoms with Crippen LogP contribution in [0.25, 0.3) is 0 Å². The summed E-state index contributed by atoms with van der Waals surface area (Å²) in [6.07, 6.45) is 0.481. The fourth-order valence-corrected chi connectivity index (χ4v) is 6.14. The molecule has 3 aromatic rings. The zero-order chi connectivity index (χ0) is 29.9. The number of amides is 2. The van der Waals surface area contributed by atoms with Crippen LogP contribution in [0.15, 0.2) is 78.9 Å². The van der Waals surface area contributed by atoms with Crippen LogP contribution in [0.4, 0.5) is 10.5 Å². The molecule has 3 aliphatic rings. The number of aliphatic hydroxyl groups excluding tert-OH is 2. The van der Waals surface area contributed by atoms with Crippen LogP contribution in [0, 0.1) is 11.8 Å². The fraction of sp³-hybridized carbons (Fsp3) is 0.400. The van der Waals surface area contributed by atoms with Crippen LogP contribution in [-0.2, 0) is 0 Å². The van der Waals surface area contributed by atoms with Gasteiger partial charge in [-0.15, -0.1) is 0 Å². The van der Waals surface area contributed by atoms with E-state index in [1.807, 2.05) is 68.7 Å². The van der Waals surface area contributed by atoms with Crippen molar-refractivity contribution in [3.63, 3.8) is 0 Å². The largest absolute Gasteiger partial charge is 0.490 e. The molecule has 2 aliphatic heterocycles. The summed E-state index contributed by atoms with van der Waals surface area (Å²) in [5.74, 6) is 7.42. The number of anilines is 1. The summed E-state index contributed by atoms with van der Waals surface area (Å²) in [4.78, 5) is 19.6. The first-order chi connectivity index (χ1) is 20.8. The average molecular weight is 581 g/mol. The standard InChI is InChI=1S/C35H40N4O4/c1-37(2)20-30-34(26-12-10-25(11-13-26)9-8-24-6-4-3-5-7-24)31-21-38(22-32(40)33(41)23-39(30)31)35(42)36-27-14-16-28(17-15-27)43-29-18-19-29/h3-7,10-17,29-34,40-41H,18-23H2,1-2H3,(H,36,42)/t30-,31+,32?,33+,34+/m1/s1. The van der Waals surface area contributed by atoms with Crippen molar-refractivity contribution in [1.82, 2.24) is 14.7 Å². The molecule has 2 saturated heterocycles. The van der Waals surface area contributed by atoms with Crippen molar-refractivity contribution in [2.24, 2.45) is 0 Å². The van der Waals surface area contributed by atoms with Gasteiger partial charge in [0.05, 0.1) is 24.9 Å². The molecule has 3 N–H and O–H groups in total. The summed E-state index contributed by atoms with van der Waals surface area (Å²) in [6.45, 7) is 1.64. The normalized spacial score (nSPS) is 25.4. The van der Waals surface area contributed by atoms with Gasteiger partial charge >= 0.3 is 6.03 Å². The highest BCUT2D eigenvalue weighted by Gasteiger charge is 2.51. The van der Waals surface area contributed by atoms with Crippen LogP contribution in [-0.4, -0.2) is 102 Å². The van der Waals surface area contributed by atoms with Gasteiger partial charge in [-0.3, -0.25) is 4.90 Å². The highest BCUT2D eigenvalue weighted by Crippen LogP contribution is 2.42. The van der Waals surface area contributed by atoms with Gasteiger partial charge < -0.3 is 30.1 Å². The first-order valence-corrected chi connectivity index (χ1v) is 15.1. The van der Waals surface area contributed by atoms with E-state index in [0.29, 0.717) is 24.9 Å². The maximum absolute atomic E-state index is 13.5. The van der Waals surface area contributed by atoms with Crippen LogP contribution in [0.3, 0.4) is 0 Å². The number of carbonyl (C=O) groups is 1. The third-order valence-corrected chi connectivity index (χ3v) is 8.53. The van der Waals surface area contributed by atoms with Crippen LogP contribution < -0.4 is 10.1 Å². The molecule has 2 heterocycles. The zero-order valence-corrected chi connectivity index (χ0v) is 24.8. The van der Waals surface area contributed by atoms with Gasteiger partial charge in [0.25, 0.3) is 0 Å². The van der Waals surface area contributed by atoms with Gasteiger partial charge in [0.1, 0.15) is 5.75 Å². The summed E-state index contributed by atoms with van der Waals surface area (Å²) in [5, 5.41) is 24.7. The Morgan fingerprint density at radius 1 is 0.884 bits per heavy atom. The van der Waals surface area contributed by atoms with Gasteiger partial charge in [0.2, 0.25) is 0 Å². The van der Waals surface area contributed by atoms with Crippen molar-refractivity contribution < 1.29 is 19.7 Å². The number of nitrogens with one attached hydrogen (secondary N) is 1. The maximum Gasteiger partial charge on any atom is 0.321 e. The second-order valence-electron chi connectivity index (χ2n) is 12.2. The number of carbonyl (C=O) groups excluding carboxylic acids is 1. The maximum atomic E-state index is 13.5. The van der Waals surface area contributed by atoms with Crippen molar-refractivity contribution in [1.29, 1.82) is 0 Å². The number of rotatable bonds is 6. The molecule has 3 aromatic carbocycles. The summed E-state index contributed by atoms with van der Waals surface area (Å²) in [7, 11) is 4.09. The Kier molecular flexibility index (Phi) is 8.68. The van der Waals surface area contributed by atoms with E-state index in [0.717, 1.165) is 36.3 Å². The quantitative estimate of drug-likeness (QED) is 0.387. The summed E-state index contributed by atoms with van der Waals surface area (Å²) in [5.41, 5.74) is 3.76. The smallest absolute Gasteiger partial charge is 0.321 e. The van der Waals surface area contributed by atoms with E-state index in [-0.39, 0.29) is 30.6 Å². The van der Waals surface area contributed by atoms with Gasteiger partial charge in [-0.2, -0.15) is 0 Å². The third-order valence-electron chi connectivity index (χ3n) is 8.53. The van der Waals surface area contributed by atoms with Gasteiger partial charge in [-0.1, -0.05) is 42.2 Å². The number of benzene rings is 3. The van der Waals surface area contributed by atoms with E-state index < -0.39 is 12.2 Å². The molecule has 224 valence electrons. The fourth-order valence-electron chi connectivity index (χ4n) is 6.14. The molecule has 3 fully saturated rings. The topological polar surface area (TPSA) is 88.5 Å². The van der Waals surface area contributed by atoms with Gasteiger partial charge in [-0.05, 0) is 81.0 Å². The molecule has 6 rings (SSSR count). The predicted molar refractivity (Wildman–Crippen MR) is 167 cm³/mol. The SMILES string of the molecule is CN(C)C[C@@H]1[C@H](c2ccc(C#Cc3ccccc3)cc2)[C@@H]2CN(C(=O)Nc3ccc(OC4CC4)cc3)CC(O)[C@@H](O)CN12. The molecular formula is C35H40N4O4. The van der Waals surface area contributed by atoms with Crippen molar-refractivity contribution in [2.45, 2.75) is 49.2 Å². The van der Waals surface area contributed by atoms with Gasteiger partial charge in [-0.25, -0.2) is 4.79 Å². The number of urea groups is 1. The van der Waals surface area contributed by atoms with Gasteiger partial charge in [0.15, 0.2) is 0 Å². The molecule has 5 atom stereocenters. The zero-order valence-electron chi connectivity index (χ0n) is 24.8. The van der Waals surface area contributed by atoms with Crippen LogP contribution in [0.5, 0.6) is 5.75 Å². The molecule has 0 spiro atoms. The molecule has 1 saturated carbocycles. The summed E-state index contributed by atoms with van der Waals surface area (Å²) >= 11 is 0. The second kappa shape index (κ2) is 12.8. The Labute approximate surface area is 253 Å². The van der Waals surface area contributed by atoms with E-state index in [1.165, 1.54) is 5.56 Å². The lowest BCUT2D eigenvalue weighted by Gasteiger charge is -2.59. The van der Waals surface area contributed by atoms with E-state index in [4.69, 9.17) is 4.74 Å². The van der Waals surface area contributed by atoms with E-state index in [9.17, 15) is 15.0 Å². The minimum Gasteiger partial charge on any atom is -0.490 e. The highest BCUT2D eigenvalue weighted by atomic mass is 16.5. The lowest BCUT2D eigenvalue weighted by atomic mass is 9.73. The molecule has 8 heteroatoms.